The zero-order chi connectivity index (χ0) is 11.9. The van der Waals surface area contributed by atoms with E-state index in [0.717, 1.165) is 29.2 Å². The van der Waals surface area contributed by atoms with Crippen LogP contribution in [0.4, 0.5) is 0 Å². The fourth-order valence-electron chi connectivity index (χ4n) is 2.74. The molecule has 4 heteroatoms. The minimum Gasteiger partial charge on any atom is -0.319 e. The highest BCUT2D eigenvalue weighted by molar-refractivity contribution is 6.30. The topological polar surface area (TPSA) is 43.3 Å². The molecule has 1 aliphatic carbocycles. The molecule has 0 aromatic carbocycles. The second kappa shape index (κ2) is 4.00. The lowest BCUT2D eigenvalue weighted by molar-refractivity contribution is 0.286. The van der Waals surface area contributed by atoms with Gasteiger partial charge < -0.3 is 10.1 Å². The van der Waals surface area contributed by atoms with Gasteiger partial charge in [0, 0.05) is 6.20 Å². The third-order valence-electron chi connectivity index (χ3n) is 3.68. The molecule has 0 radical (unpaired) electrons. The summed E-state index contributed by atoms with van der Waals surface area (Å²) in [5.74, 6) is 0.953. The van der Waals surface area contributed by atoms with Gasteiger partial charge in [0.15, 0.2) is 0 Å². The summed E-state index contributed by atoms with van der Waals surface area (Å²) in [5, 5.41) is 0.719. The molecule has 0 spiro atoms. The van der Waals surface area contributed by atoms with E-state index >= 15 is 0 Å². The van der Waals surface area contributed by atoms with Crippen LogP contribution >= 0.6 is 11.6 Å². The molecule has 90 valence electrons. The van der Waals surface area contributed by atoms with E-state index in [0.29, 0.717) is 0 Å². The van der Waals surface area contributed by atoms with Crippen molar-refractivity contribution < 1.29 is 0 Å². The van der Waals surface area contributed by atoms with E-state index in [4.69, 9.17) is 17.3 Å². The van der Waals surface area contributed by atoms with Crippen LogP contribution < -0.4 is 5.73 Å². The maximum Gasteiger partial charge on any atom is 0.133 e. The summed E-state index contributed by atoms with van der Waals surface area (Å²) in [6.45, 7) is 0. The summed E-state index contributed by atoms with van der Waals surface area (Å²) in [6.07, 6.45) is 9.45. The first kappa shape index (κ1) is 11.1. The summed E-state index contributed by atoms with van der Waals surface area (Å²) in [7, 11) is 0. The second-order valence-corrected chi connectivity index (χ2v) is 5.38. The van der Waals surface area contributed by atoms with Crippen molar-refractivity contribution in [2.24, 2.45) is 5.73 Å². The number of nitrogens with two attached hydrogens (primary N) is 1. The van der Waals surface area contributed by atoms with Crippen molar-refractivity contribution in [3.8, 4) is 0 Å². The lowest BCUT2D eigenvalue weighted by atomic mass is 9.82. The standard InChI is InChI=1S/C13H16ClN3/c14-10-4-5-11-8-16-12(17(11)9-10)13(15)6-2-1-3-7-13/h4-5,8-9H,1-3,6-7,15H2. The molecule has 0 saturated heterocycles. The fraction of sp³-hybridized carbons (Fsp3) is 0.462. The van der Waals surface area contributed by atoms with Crippen molar-refractivity contribution in [3.63, 3.8) is 0 Å². The number of halogens is 1. The molecular weight excluding hydrogens is 234 g/mol. The molecule has 0 unspecified atom stereocenters. The van der Waals surface area contributed by atoms with Crippen LogP contribution in [0, 0.1) is 0 Å². The quantitative estimate of drug-likeness (QED) is 0.844. The highest BCUT2D eigenvalue weighted by Gasteiger charge is 2.33. The van der Waals surface area contributed by atoms with Gasteiger partial charge in [-0.1, -0.05) is 30.9 Å². The first-order chi connectivity index (χ1) is 8.19. The van der Waals surface area contributed by atoms with E-state index < -0.39 is 0 Å². The predicted octanol–water partition coefficient (Wildman–Crippen LogP) is 3.11. The lowest BCUT2D eigenvalue weighted by Crippen LogP contribution is -2.40. The van der Waals surface area contributed by atoms with Gasteiger partial charge in [0.25, 0.3) is 0 Å². The molecule has 1 aliphatic rings. The number of fused-ring (bicyclic) bond motifs is 1. The summed E-state index contributed by atoms with van der Waals surface area (Å²) >= 11 is 6.04. The lowest BCUT2D eigenvalue weighted by Gasteiger charge is -2.32. The molecule has 0 bridgehead atoms. The molecule has 3 nitrogen and oxygen atoms in total. The number of nitrogens with zero attached hydrogens (tertiary/aromatic N) is 2. The number of hydrogen-bond donors (Lipinski definition) is 1. The van der Waals surface area contributed by atoms with Crippen LogP contribution in [0.1, 0.15) is 37.9 Å². The van der Waals surface area contributed by atoms with Crippen molar-refractivity contribution >= 4 is 17.1 Å². The van der Waals surface area contributed by atoms with Gasteiger partial charge in [-0.05, 0) is 25.0 Å². The van der Waals surface area contributed by atoms with E-state index in [2.05, 4.69) is 4.98 Å². The summed E-state index contributed by atoms with van der Waals surface area (Å²) < 4.78 is 2.04. The fourth-order valence-corrected chi connectivity index (χ4v) is 2.90. The molecule has 0 atom stereocenters. The number of pyridine rings is 1. The largest absolute Gasteiger partial charge is 0.319 e. The van der Waals surface area contributed by atoms with E-state index in [-0.39, 0.29) is 5.54 Å². The van der Waals surface area contributed by atoms with Gasteiger partial charge in [-0.25, -0.2) is 4.98 Å². The molecule has 0 aliphatic heterocycles. The van der Waals surface area contributed by atoms with Crippen molar-refractivity contribution in [2.45, 2.75) is 37.6 Å². The SMILES string of the molecule is NC1(c2ncc3ccc(Cl)cn23)CCCCC1. The minimum atomic E-state index is -0.282. The Kier molecular flexibility index (Phi) is 2.60. The van der Waals surface area contributed by atoms with Crippen LogP contribution in [0.25, 0.3) is 5.52 Å². The van der Waals surface area contributed by atoms with Crippen LogP contribution in [0.2, 0.25) is 5.02 Å². The molecule has 1 saturated carbocycles. The van der Waals surface area contributed by atoms with Crippen molar-refractivity contribution in [1.82, 2.24) is 9.38 Å². The number of rotatable bonds is 1. The van der Waals surface area contributed by atoms with Gasteiger partial charge >= 0.3 is 0 Å². The van der Waals surface area contributed by atoms with Crippen LogP contribution in [0.15, 0.2) is 24.5 Å². The third kappa shape index (κ3) is 1.83. The normalized spacial score (nSPS) is 19.6. The first-order valence-corrected chi connectivity index (χ1v) is 6.49. The smallest absolute Gasteiger partial charge is 0.133 e. The highest BCUT2D eigenvalue weighted by Crippen LogP contribution is 2.34. The highest BCUT2D eigenvalue weighted by atomic mass is 35.5. The molecule has 1 fully saturated rings. The van der Waals surface area contributed by atoms with Gasteiger partial charge in [-0.2, -0.15) is 0 Å². The monoisotopic (exact) mass is 249 g/mol. The Labute approximate surface area is 106 Å². The Morgan fingerprint density at radius 2 is 2.00 bits per heavy atom. The van der Waals surface area contributed by atoms with E-state index in [1.807, 2.05) is 28.9 Å². The molecule has 0 amide bonds. The van der Waals surface area contributed by atoms with Crippen LogP contribution in [-0.2, 0) is 5.54 Å². The molecule has 2 aromatic heterocycles. The average molecular weight is 250 g/mol. The van der Waals surface area contributed by atoms with Gasteiger partial charge in [0.05, 0.1) is 22.3 Å². The Morgan fingerprint density at radius 3 is 2.76 bits per heavy atom. The zero-order valence-corrected chi connectivity index (χ0v) is 10.5. The van der Waals surface area contributed by atoms with Crippen molar-refractivity contribution in [2.75, 3.05) is 0 Å². The van der Waals surface area contributed by atoms with Gasteiger partial charge in [0.1, 0.15) is 5.82 Å². The number of aromatic nitrogens is 2. The third-order valence-corrected chi connectivity index (χ3v) is 3.91. The molecular formula is C13H16ClN3. The van der Waals surface area contributed by atoms with E-state index in [1.54, 1.807) is 0 Å². The van der Waals surface area contributed by atoms with Crippen molar-refractivity contribution in [1.29, 1.82) is 0 Å². The summed E-state index contributed by atoms with van der Waals surface area (Å²) in [4.78, 5) is 4.51. The van der Waals surface area contributed by atoms with Crippen LogP contribution in [0.5, 0.6) is 0 Å². The number of imidazole rings is 1. The average Bonchev–Trinajstić information content (AvgIpc) is 2.73. The predicted molar refractivity (Wildman–Crippen MR) is 69.2 cm³/mol. The van der Waals surface area contributed by atoms with E-state index in [9.17, 15) is 0 Å². The number of hydrogen-bond acceptors (Lipinski definition) is 2. The van der Waals surface area contributed by atoms with Gasteiger partial charge in [-0.3, -0.25) is 0 Å². The second-order valence-electron chi connectivity index (χ2n) is 4.94. The minimum absolute atomic E-state index is 0.282. The van der Waals surface area contributed by atoms with Crippen LogP contribution in [-0.4, -0.2) is 9.38 Å². The first-order valence-electron chi connectivity index (χ1n) is 6.11. The van der Waals surface area contributed by atoms with Gasteiger partial charge in [-0.15, -0.1) is 0 Å². The van der Waals surface area contributed by atoms with E-state index in [1.165, 1.54) is 19.3 Å². The Hall–Kier alpha value is -1.06. The van der Waals surface area contributed by atoms with Gasteiger partial charge in [0.2, 0.25) is 0 Å². The summed E-state index contributed by atoms with van der Waals surface area (Å²) in [5.41, 5.74) is 7.29. The maximum absolute atomic E-state index is 6.51. The molecule has 2 N–H and O–H groups in total. The zero-order valence-electron chi connectivity index (χ0n) is 9.69. The molecule has 3 rings (SSSR count). The van der Waals surface area contributed by atoms with Crippen LogP contribution in [0.3, 0.4) is 0 Å². The molecule has 2 heterocycles. The molecule has 17 heavy (non-hydrogen) atoms. The Bertz CT molecular complexity index is 541. The molecule has 2 aromatic rings. The summed E-state index contributed by atoms with van der Waals surface area (Å²) in [6, 6.07) is 3.86. The van der Waals surface area contributed by atoms with Crippen molar-refractivity contribution in [3.05, 3.63) is 35.4 Å². The Morgan fingerprint density at radius 1 is 1.24 bits per heavy atom. The Balaban J connectivity index is 2.13. The maximum atomic E-state index is 6.51.